The van der Waals surface area contributed by atoms with Crippen molar-refractivity contribution in [2.75, 3.05) is 37.8 Å². The molecule has 172 valence electrons. The standard InChI is InChI=1S/C25H27N3O4S/c1-33(30,31)24-12-10-22(11-13-24)32-23-9-5-6-20(18-23)19-27-14-16-28(17-15-27)25(29)26-21-7-3-2-4-8-21/h2-13,18H,14-17,19H2,1H3,(H,26,29). The highest BCUT2D eigenvalue weighted by Gasteiger charge is 2.21. The van der Waals surface area contributed by atoms with Crippen LogP contribution in [0.15, 0.2) is 83.8 Å². The number of hydrogen-bond acceptors (Lipinski definition) is 5. The Morgan fingerprint density at radius 1 is 0.879 bits per heavy atom. The van der Waals surface area contributed by atoms with Crippen molar-refractivity contribution < 1.29 is 17.9 Å². The van der Waals surface area contributed by atoms with Crippen LogP contribution in [0, 0.1) is 0 Å². The van der Waals surface area contributed by atoms with Gasteiger partial charge in [-0.1, -0.05) is 30.3 Å². The Balaban J connectivity index is 1.30. The van der Waals surface area contributed by atoms with Crippen molar-refractivity contribution in [3.8, 4) is 11.5 Å². The van der Waals surface area contributed by atoms with Crippen molar-refractivity contribution in [1.29, 1.82) is 0 Å². The van der Waals surface area contributed by atoms with Gasteiger partial charge >= 0.3 is 6.03 Å². The SMILES string of the molecule is CS(=O)(=O)c1ccc(Oc2cccc(CN3CCN(C(=O)Nc4ccccc4)CC3)c2)cc1. The highest BCUT2D eigenvalue weighted by atomic mass is 32.2. The van der Waals surface area contributed by atoms with Gasteiger partial charge in [-0.05, 0) is 54.1 Å². The second kappa shape index (κ2) is 10.1. The molecule has 1 heterocycles. The molecule has 2 amide bonds. The summed E-state index contributed by atoms with van der Waals surface area (Å²) < 4.78 is 29.1. The Kier molecular flexibility index (Phi) is 6.96. The number of nitrogens with zero attached hydrogens (tertiary/aromatic N) is 2. The van der Waals surface area contributed by atoms with E-state index in [0.29, 0.717) is 24.6 Å². The topological polar surface area (TPSA) is 79.0 Å². The molecule has 0 bridgehead atoms. The number of amides is 2. The number of carbonyl (C=O) groups excluding carboxylic acids is 1. The lowest BCUT2D eigenvalue weighted by molar-refractivity contribution is 0.143. The summed E-state index contributed by atoms with van der Waals surface area (Å²) in [5.41, 5.74) is 1.91. The van der Waals surface area contributed by atoms with Gasteiger partial charge < -0.3 is 15.0 Å². The predicted octanol–water partition coefficient (Wildman–Crippen LogP) is 4.23. The predicted molar refractivity (Wildman–Crippen MR) is 128 cm³/mol. The third kappa shape index (κ3) is 6.34. The third-order valence-corrected chi connectivity index (χ3v) is 6.61. The lowest BCUT2D eigenvalue weighted by atomic mass is 10.2. The molecule has 33 heavy (non-hydrogen) atoms. The van der Waals surface area contributed by atoms with E-state index in [1.165, 1.54) is 6.26 Å². The maximum Gasteiger partial charge on any atom is 0.321 e. The lowest BCUT2D eigenvalue weighted by Gasteiger charge is -2.34. The fourth-order valence-corrected chi connectivity index (χ4v) is 4.32. The number of sulfone groups is 1. The van der Waals surface area contributed by atoms with Crippen LogP contribution in [0.3, 0.4) is 0 Å². The second-order valence-corrected chi connectivity index (χ2v) is 10.1. The van der Waals surface area contributed by atoms with Gasteiger partial charge in [-0.25, -0.2) is 13.2 Å². The summed E-state index contributed by atoms with van der Waals surface area (Å²) in [5, 5.41) is 2.94. The molecule has 0 saturated carbocycles. The smallest absolute Gasteiger partial charge is 0.321 e. The van der Waals surface area contributed by atoms with Crippen LogP contribution in [0.4, 0.5) is 10.5 Å². The largest absolute Gasteiger partial charge is 0.457 e. The van der Waals surface area contributed by atoms with E-state index in [1.54, 1.807) is 24.3 Å². The first-order valence-corrected chi connectivity index (χ1v) is 12.7. The van der Waals surface area contributed by atoms with E-state index in [4.69, 9.17) is 4.74 Å². The van der Waals surface area contributed by atoms with Crippen LogP contribution >= 0.6 is 0 Å². The summed E-state index contributed by atoms with van der Waals surface area (Å²) >= 11 is 0. The van der Waals surface area contributed by atoms with Crippen molar-refractivity contribution in [1.82, 2.24) is 9.80 Å². The number of nitrogens with one attached hydrogen (secondary N) is 1. The average molecular weight is 466 g/mol. The number of hydrogen-bond donors (Lipinski definition) is 1. The molecule has 0 spiro atoms. The highest BCUT2D eigenvalue weighted by Crippen LogP contribution is 2.24. The van der Waals surface area contributed by atoms with Crippen LogP contribution in [0.1, 0.15) is 5.56 Å². The normalized spacial score (nSPS) is 14.6. The van der Waals surface area contributed by atoms with Gasteiger partial charge in [0, 0.05) is 44.7 Å². The molecule has 8 heteroatoms. The fraction of sp³-hybridized carbons (Fsp3) is 0.240. The fourth-order valence-electron chi connectivity index (χ4n) is 3.69. The Morgan fingerprint density at radius 3 is 2.24 bits per heavy atom. The highest BCUT2D eigenvalue weighted by molar-refractivity contribution is 7.90. The van der Waals surface area contributed by atoms with E-state index in [1.807, 2.05) is 59.5 Å². The van der Waals surface area contributed by atoms with Crippen molar-refractivity contribution in [3.63, 3.8) is 0 Å². The van der Waals surface area contributed by atoms with Crippen molar-refractivity contribution in [2.24, 2.45) is 0 Å². The van der Waals surface area contributed by atoms with Gasteiger partial charge in [0.25, 0.3) is 0 Å². The molecule has 1 N–H and O–H groups in total. The monoisotopic (exact) mass is 465 g/mol. The van der Waals surface area contributed by atoms with E-state index in [0.717, 1.165) is 30.9 Å². The van der Waals surface area contributed by atoms with Gasteiger partial charge in [-0.15, -0.1) is 0 Å². The number of piperazine rings is 1. The zero-order chi connectivity index (χ0) is 23.3. The van der Waals surface area contributed by atoms with Gasteiger partial charge in [0.1, 0.15) is 11.5 Å². The van der Waals surface area contributed by atoms with E-state index >= 15 is 0 Å². The Labute approximate surface area is 194 Å². The molecule has 1 aliphatic heterocycles. The summed E-state index contributed by atoms with van der Waals surface area (Å²) in [6.45, 7) is 3.68. The number of benzene rings is 3. The van der Waals surface area contributed by atoms with Crippen LogP contribution in [0.5, 0.6) is 11.5 Å². The molecular weight excluding hydrogens is 438 g/mol. The molecule has 0 unspecified atom stereocenters. The molecule has 4 rings (SSSR count). The van der Waals surface area contributed by atoms with Crippen molar-refractivity contribution >= 4 is 21.6 Å². The van der Waals surface area contributed by atoms with Gasteiger partial charge in [0.2, 0.25) is 0 Å². The van der Waals surface area contributed by atoms with Gasteiger partial charge in [0.05, 0.1) is 4.90 Å². The summed E-state index contributed by atoms with van der Waals surface area (Å²) in [6.07, 6.45) is 1.18. The van der Waals surface area contributed by atoms with Crippen LogP contribution in [0.2, 0.25) is 0 Å². The number of para-hydroxylation sites is 1. The van der Waals surface area contributed by atoms with E-state index in [2.05, 4.69) is 10.2 Å². The van der Waals surface area contributed by atoms with E-state index < -0.39 is 9.84 Å². The molecule has 1 fully saturated rings. The minimum Gasteiger partial charge on any atom is -0.457 e. The molecule has 7 nitrogen and oxygen atoms in total. The van der Waals surface area contributed by atoms with E-state index in [9.17, 15) is 13.2 Å². The first kappa shape index (κ1) is 22.8. The number of anilines is 1. The lowest BCUT2D eigenvalue weighted by Crippen LogP contribution is -2.49. The van der Waals surface area contributed by atoms with Crippen molar-refractivity contribution in [2.45, 2.75) is 11.4 Å². The molecule has 0 aromatic heterocycles. The second-order valence-electron chi connectivity index (χ2n) is 8.05. The van der Waals surface area contributed by atoms with Gasteiger partial charge in [-0.2, -0.15) is 0 Å². The molecular formula is C25H27N3O4S. The molecule has 0 aliphatic carbocycles. The zero-order valence-corrected chi connectivity index (χ0v) is 19.3. The minimum atomic E-state index is -3.23. The maximum atomic E-state index is 12.5. The average Bonchev–Trinajstić information content (AvgIpc) is 2.80. The number of carbonyl (C=O) groups is 1. The summed E-state index contributed by atoms with van der Waals surface area (Å²) in [7, 11) is -3.23. The summed E-state index contributed by atoms with van der Waals surface area (Å²) in [6, 6.07) is 23.7. The molecule has 0 radical (unpaired) electrons. The molecule has 3 aromatic rings. The quantitative estimate of drug-likeness (QED) is 0.589. The molecule has 1 aliphatic rings. The Morgan fingerprint density at radius 2 is 1.58 bits per heavy atom. The van der Waals surface area contributed by atoms with Gasteiger partial charge in [0.15, 0.2) is 9.84 Å². The van der Waals surface area contributed by atoms with Crippen molar-refractivity contribution in [3.05, 3.63) is 84.4 Å². The van der Waals surface area contributed by atoms with E-state index in [-0.39, 0.29) is 10.9 Å². The number of urea groups is 1. The number of rotatable bonds is 6. The van der Waals surface area contributed by atoms with Crippen LogP contribution < -0.4 is 10.1 Å². The third-order valence-electron chi connectivity index (χ3n) is 5.48. The van der Waals surface area contributed by atoms with Gasteiger partial charge in [-0.3, -0.25) is 4.90 Å². The molecule has 1 saturated heterocycles. The summed E-state index contributed by atoms with van der Waals surface area (Å²) in [5.74, 6) is 1.28. The first-order valence-electron chi connectivity index (χ1n) is 10.8. The maximum absolute atomic E-state index is 12.5. The first-order chi connectivity index (χ1) is 15.9. The molecule has 3 aromatic carbocycles. The summed E-state index contributed by atoms with van der Waals surface area (Å²) in [4.78, 5) is 16.9. The zero-order valence-electron chi connectivity index (χ0n) is 18.5. The van der Waals surface area contributed by atoms with Crippen LogP contribution in [-0.2, 0) is 16.4 Å². The Hall–Kier alpha value is -3.36. The van der Waals surface area contributed by atoms with Crippen LogP contribution in [-0.4, -0.2) is 56.7 Å². The Bertz CT molecular complexity index is 1190. The number of ether oxygens (including phenoxy) is 1. The minimum absolute atomic E-state index is 0.0712. The molecule has 0 atom stereocenters. The van der Waals surface area contributed by atoms with Crippen LogP contribution in [0.25, 0.3) is 0 Å².